The van der Waals surface area contributed by atoms with Gasteiger partial charge in [0, 0.05) is 46.4 Å². The Balaban J connectivity index is 0.000000158. The van der Waals surface area contributed by atoms with Crippen LogP contribution in [0.15, 0.2) is 121 Å². The van der Waals surface area contributed by atoms with E-state index < -0.39 is 16.1 Å². The fourth-order valence-electron chi connectivity index (χ4n) is 8.57. The second-order valence-corrected chi connectivity index (χ2v) is 18.6. The number of nitrogens with one attached hydrogen (secondary N) is 1. The van der Waals surface area contributed by atoms with Crippen molar-refractivity contribution in [1.29, 1.82) is 0 Å². The van der Waals surface area contributed by atoms with Gasteiger partial charge in [0.1, 0.15) is 18.0 Å². The molecule has 0 spiro atoms. The number of pyridine rings is 2. The summed E-state index contributed by atoms with van der Waals surface area (Å²) in [6, 6.07) is 40.1. The highest BCUT2D eigenvalue weighted by Gasteiger charge is 2.36. The van der Waals surface area contributed by atoms with Crippen LogP contribution in [0.25, 0.3) is 44.8 Å². The topological polar surface area (TPSA) is 183 Å². The normalized spacial score (nSPS) is 18.2. The van der Waals surface area contributed by atoms with E-state index in [4.69, 9.17) is 30.9 Å². The summed E-state index contributed by atoms with van der Waals surface area (Å²) < 4.78 is 37.7. The predicted molar refractivity (Wildman–Crippen MR) is 242 cm³/mol. The van der Waals surface area contributed by atoms with E-state index in [2.05, 4.69) is 41.7 Å². The van der Waals surface area contributed by atoms with Crippen LogP contribution in [0.3, 0.4) is 0 Å². The molecule has 2 fully saturated rings. The van der Waals surface area contributed by atoms with Crippen LogP contribution in [0.5, 0.6) is 11.8 Å². The molecule has 2 aromatic heterocycles. The number of amides is 1. The first-order chi connectivity index (χ1) is 29.9. The molecule has 2 aliphatic carbocycles. The summed E-state index contributed by atoms with van der Waals surface area (Å²) in [6.45, 7) is 0.408. The lowest BCUT2D eigenvalue weighted by Crippen LogP contribution is -2.43. The van der Waals surface area contributed by atoms with Crippen molar-refractivity contribution in [3.05, 3.63) is 132 Å². The fraction of sp³-hybridized carbons (Fsp3) is 0.286. The number of hydrogen-bond acceptors (Lipinski definition) is 10. The Labute approximate surface area is 362 Å². The highest BCUT2D eigenvalue weighted by Crippen LogP contribution is 2.44. The summed E-state index contributed by atoms with van der Waals surface area (Å²) in [7, 11) is -3.43. The maximum atomic E-state index is 12.3. The Kier molecular flexibility index (Phi) is 11.1. The van der Waals surface area contributed by atoms with Crippen LogP contribution in [0, 0.1) is 0 Å². The molecule has 0 bridgehead atoms. The molecule has 6 N–H and O–H groups in total. The molecule has 4 heterocycles. The van der Waals surface area contributed by atoms with Gasteiger partial charge in [-0.1, -0.05) is 109 Å². The number of anilines is 2. The van der Waals surface area contributed by atoms with Crippen molar-refractivity contribution in [3.63, 3.8) is 0 Å². The lowest BCUT2D eigenvalue weighted by atomic mass is 9.72. The fourth-order valence-corrected chi connectivity index (χ4v) is 9.47. The van der Waals surface area contributed by atoms with E-state index in [1.54, 1.807) is 0 Å². The number of carbonyl (C=O) groups is 1. The minimum Gasteiger partial charge on any atom is -0.474 e. The number of hydrogen-bond donors (Lipinski definition) is 4. The molecule has 1 amide bonds. The number of ether oxygens (including phenoxy) is 2. The largest absolute Gasteiger partial charge is 0.474 e. The van der Waals surface area contributed by atoms with Crippen molar-refractivity contribution in [3.8, 4) is 56.5 Å². The summed E-state index contributed by atoms with van der Waals surface area (Å²) in [6.07, 6.45) is 7.05. The van der Waals surface area contributed by atoms with E-state index in [1.165, 1.54) is 17.0 Å². The average molecular weight is 851 g/mol. The smallest absolute Gasteiger partial charge is 0.265 e. The number of rotatable bonds is 9. The summed E-state index contributed by atoms with van der Waals surface area (Å²) in [5.74, 6) is 0.434. The van der Waals surface area contributed by atoms with Crippen LogP contribution >= 0.6 is 0 Å². The van der Waals surface area contributed by atoms with E-state index in [1.807, 2.05) is 84.9 Å². The number of aliphatic hydroxyl groups is 1. The zero-order chi connectivity index (χ0) is 43.1. The minimum atomic E-state index is -3.43. The summed E-state index contributed by atoms with van der Waals surface area (Å²) in [4.78, 5) is 21.9. The SMILES string of the molecule is CS(=O)(=O)N1CCOc2nc(-c3ccc(C4(N)CCC4)cc3)c(-c3ccccc3)cc21.NC1(c2ccc(-c3nc4c(cc3-c3ccccc3)NC(=O)C(CCO)O4)cc2)CCC1. The lowest BCUT2D eigenvalue weighted by molar-refractivity contribution is -0.124. The van der Waals surface area contributed by atoms with Crippen molar-refractivity contribution in [1.82, 2.24) is 9.97 Å². The van der Waals surface area contributed by atoms with Crippen LogP contribution < -0.4 is 30.6 Å². The maximum Gasteiger partial charge on any atom is 0.265 e. The zero-order valence-electron chi connectivity index (χ0n) is 34.6. The molecule has 4 aromatic carbocycles. The van der Waals surface area contributed by atoms with Gasteiger partial charge >= 0.3 is 0 Å². The van der Waals surface area contributed by atoms with Gasteiger partial charge in [0.05, 0.1) is 24.2 Å². The van der Waals surface area contributed by atoms with Crippen molar-refractivity contribution in [2.75, 3.05) is 35.6 Å². The predicted octanol–water partition coefficient (Wildman–Crippen LogP) is 7.75. The quantitative estimate of drug-likeness (QED) is 0.112. The van der Waals surface area contributed by atoms with Crippen molar-refractivity contribution >= 4 is 27.3 Å². The van der Waals surface area contributed by atoms with Crippen molar-refractivity contribution < 1.29 is 27.8 Å². The van der Waals surface area contributed by atoms with E-state index in [0.717, 1.165) is 88.0 Å². The minimum absolute atomic E-state index is 0.134. The number of aromatic nitrogens is 2. The van der Waals surface area contributed by atoms with Crippen molar-refractivity contribution in [2.24, 2.45) is 11.5 Å². The molecule has 0 radical (unpaired) electrons. The molecule has 4 aliphatic rings. The van der Waals surface area contributed by atoms with Crippen LogP contribution in [0.1, 0.15) is 56.1 Å². The van der Waals surface area contributed by atoms with Gasteiger partial charge in [0.25, 0.3) is 5.91 Å². The third-order valence-corrected chi connectivity index (χ3v) is 13.7. The van der Waals surface area contributed by atoms with Gasteiger partial charge in [-0.25, -0.2) is 18.4 Å². The van der Waals surface area contributed by atoms with Gasteiger partial charge in [-0.2, -0.15) is 0 Å². The second-order valence-electron chi connectivity index (χ2n) is 16.6. The number of aliphatic hydroxyl groups excluding tert-OH is 1. The molecule has 2 aliphatic heterocycles. The lowest BCUT2D eigenvalue weighted by Gasteiger charge is -2.38. The number of benzene rings is 4. The molecular formula is C49H50N6O6S. The molecular weight excluding hydrogens is 801 g/mol. The molecule has 2 saturated carbocycles. The Morgan fingerprint density at radius 3 is 1.69 bits per heavy atom. The van der Waals surface area contributed by atoms with E-state index in [-0.39, 0.29) is 43.2 Å². The molecule has 0 saturated heterocycles. The van der Waals surface area contributed by atoms with Crippen LogP contribution in [-0.4, -0.2) is 61.5 Å². The molecule has 318 valence electrons. The van der Waals surface area contributed by atoms with Crippen LogP contribution in [0.2, 0.25) is 0 Å². The van der Waals surface area contributed by atoms with Crippen LogP contribution in [0.4, 0.5) is 11.4 Å². The van der Waals surface area contributed by atoms with Gasteiger partial charge < -0.3 is 31.4 Å². The Morgan fingerprint density at radius 2 is 1.23 bits per heavy atom. The van der Waals surface area contributed by atoms with Gasteiger partial charge in [-0.05, 0) is 72.9 Å². The number of carbonyl (C=O) groups excluding carboxylic acids is 1. The van der Waals surface area contributed by atoms with Gasteiger partial charge in [0.2, 0.25) is 21.8 Å². The number of nitrogens with zero attached hydrogens (tertiary/aromatic N) is 3. The van der Waals surface area contributed by atoms with Gasteiger partial charge in [-0.15, -0.1) is 0 Å². The first kappa shape index (κ1) is 41.2. The molecule has 1 unspecified atom stereocenters. The van der Waals surface area contributed by atoms with Gasteiger partial charge in [0.15, 0.2) is 6.10 Å². The summed E-state index contributed by atoms with van der Waals surface area (Å²) in [5.41, 5.74) is 23.0. The molecule has 1 atom stereocenters. The monoisotopic (exact) mass is 850 g/mol. The zero-order valence-corrected chi connectivity index (χ0v) is 35.4. The van der Waals surface area contributed by atoms with E-state index in [9.17, 15) is 18.3 Å². The molecule has 6 aromatic rings. The van der Waals surface area contributed by atoms with Gasteiger partial charge in [-0.3, -0.25) is 9.10 Å². The highest BCUT2D eigenvalue weighted by atomic mass is 32.2. The summed E-state index contributed by atoms with van der Waals surface area (Å²) >= 11 is 0. The molecule has 13 heteroatoms. The Hall–Kier alpha value is -6.12. The number of nitrogens with two attached hydrogens (primary N) is 2. The first-order valence-electron chi connectivity index (χ1n) is 21.1. The molecule has 12 nitrogen and oxygen atoms in total. The Bertz CT molecular complexity index is 2710. The molecule has 62 heavy (non-hydrogen) atoms. The summed E-state index contributed by atoms with van der Waals surface area (Å²) in [5, 5.41) is 12.1. The first-order valence-corrected chi connectivity index (χ1v) is 23.0. The standard InChI is InChI=1S/C25H25N3O3.C24H25N3O3S/c26-25(12-4-13-25)18-9-7-17(8-10-18)22-19(16-5-2-1-3-6-16)15-20-24(28-22)31-21(11-14-29)23(30)27-20;1-31(28,29)27-14-15-30-23-21(27)16-20(17-6-3-2-4-7-17)22(26-23)18-8-10-19(11-9-18)24(25)12-5-13-24/h1-3,5-10,15,21,29H,4,11-14,26H2,(H,27,30);2-4,6-11,16H,5,12-15,25H2,1H3. The van der Waals surface area contributed by atoms with Crippen LogP contribution in [-0.2, 0) is 25.9 Å². The third-order valence-electron chi connectivity index (χ3n) is 12.5. The highest BCUT2D eigenvalue weighted by molar-refractivity contribution is 7.92. The maximum absolute atomic E-state index is 12.3. The Morgan fingerprint density at radius 1 is 0.726 bits per heavy atom. The second kappa shape index (κ2) is 16.6. The van der Waals surface area contributed by atoms with E-state index >= 15 is 0 Å². The molecule has 10 rings (SSSR count). The number of fused-ring (bicyclic) bond motifs is 2. The van der Waals surface area contributed by atoms with E-state index in [0.29, 0.717) is 23.1 Å². The average Bonchev–Trinajstić information content (AvgIpc) is 3.27. The third kappa shape index (κ3) is 8.04. The van der Waals surface area contributed by atoms with Crippen molar-refractivity contribution in [2.45, 2.75) is 62.1 Å². The number of sulfonamides is 1.